The molecule has 25 heavy (non-hydrogen) atoms. The second-order valence-corrected chi connectivity index (χ2v) is 5.90. The summed E-state index contributed by atoms with van der Waals surface area (Å²) in [4.78, 5) is 15.5. The molecule has 0 fully saturated rings. The van der Waals surface area contributed by atoms with Crippen molar-refractivity contribution in [3.05, 3.63) is 65.9 Å². The number of hydrogen-bond donors (Lipinski definition) is 0. The predicted octanol–water partition coefficient (Wildman–Crippen LogP) is 3.25. The van der Waals surface area contributed by atoms with Crippen molar-refractivity contribution in [1.29, 1.82) is 0 Å². The van der Waals surface area contributed by atoms with Crippen LogP contribution in [0.15, 0.2) is 48.8 Å². The fourth-order valence-corrected chi connectivity index (χ4v) is 3.00. The molecule has 1 aliphatic rings. The lowest BCUT2D eigenvalue weighted by Crippen LogP contribution is -2.31. The van der Waals surface area contributed by atoms with Crippen molar-refractivity contribution in [2.24, 2.45) is 0 Å². The van der Waals surface area contributed by atoms with E-state index >= 15 is 0 Å². The number of benzene rings is 1. The molecule has 0 amide bonds. The van der Waals surface area contributed by atoms with Crippen LogP contribution >= 0.6 is 0 Å². The number of anilines is 1. The Kier molecular flexibility index (Phi) is 4.01. The van der Waals surface area contributed by atoms with E-state index in [9.17, 15) is 4.39 Å². The van der Waals surface area contributed by atoms with E-state index in [1.54, 1.807) is 6.20 Å². The van der Waals surface area contributed by atoms with Gasteiger partial charge in [0, 0.05) is 55.3 Å². The van der Waals surface area contributed by atoms with Gasteiger partial charge in [0.2, 0.25) is 0 Å². The van der Waals surface area contributed by atoms with E-state index in [0.29, 0.717) is 18.1 Å². The van der Waals surface area contributed by atoms with Gasteiger partial charge in [-0.1, -0.05) is 6.07 Å². The number of halogens is 1. The fourth-order valence-electron chi connectivity index (χ4n) is 3.00. The summed E-state index contributed by atoms with van der Waals surface area (Å²) in [5.41, 5.74) is 3.64. The minimum absolute atomic E-state index is 0.304. The molecule has 0 N–H and O–H groups in total. The SMILES string of the molecule is COc1cc(F)cc(N2CCc3nc(-c4ccccn4)ncc3C2)c1. The monoisotopic (exact) mass is 336 g/mol. The molecule has 0 atom stereocenters. The van der Waals surface area contributed by atoms with Gasteiger partial charge in [-0.15, -0.1) is 0 Å². The summed E-state index contributed by atoms with van der Waals surface area (Å²) in [5, 5.41) is 0. The van der Waals surface area contributed by atoms with Crippen molar-refractivity contribution >= 4 is 5.69 Å². The van der Waals surface area contributed by atoms with E-state index in [0.717, 1.165) is 35.6 Å². The Morgan fingerprint density at radius 2 is 2.08 bits per heavy atom. The summed E-state index contributed by atoms with van der Waals surface area (Å²) in [5.74, 6) is 0.852. The number of nitrogens with zero attached hydrogens (tertiary/aromatic N) is 4. The standard InChI is InChI=1S/C19H17FN4O/c1-25-16-9-14(20)8-15(10-16)24-7-5-17-13(12-24)11-22-19(23-17)18-4-2-3-6-21-18/h2-4,6,8-11H,5,7,12H2,1H3. The molecule has 0 aliphatic carbocycles. The maximum absolute atomic E-state index is 13.8. The van der Waals surface area contributed by atoms with Crippen molar-refractivity contribution in [3.8, 4) is 17.3 Å². The lowest BCUT2D eigenvalue weighted by molar-refractivity contribution is 0.411. The average molecular weight is 336 g/mol. The van der Waals surface area contributed by atoms with Crippen molar-refractivity contribution in [1.82, 2.24) is 15.0 Å². The van der Waals surface area contributed by atoms with Gasteiger partial charge in [0.1, 0.15) is 17.3 Å². The average Bonchev–Trinajstić information content (AvgIpc) is 2.67. The van der Waals surface area contributed by atoms with E-state index in [1.165, 1.54) is 19.2 Å². The van der Waals surface area contributed by atoms with E-state index in [2.05, 4.69) is 19.9 Å². The van der Waals surface area contributed by atoms with Gasteiger partial charge in [-0.25, -0.2) is 14.4 Å². The van der Waals surface area contributed by atoms with E-state index in [-0.39, 0.29) is 5.82 Å². The zero-order chi connectivity index (χ0) is 17.2. The third-order valence-corrected chi connectivity index (χ3v) is 4.28. The maximum Gasteiger partial charge on any atom is 0.178 e. The summed E-state index contributed by atoms with van der Waals surface area (Å²) < 4.78 is 18.9. The molecule has 3 aromatic rings. The molecular formula is C19H17FN4O. The molecule has 3 heterocycles. The second kappa shape index (κ2) is 6.47. The second-order valence-electron chi connectivity index (χ2n) is 5.90. The summed E-state index contributed by atoms with van der Waals surface area (Å²) in [7, 11) is 1.54. The van der Waals surface area contributed by atoms with Crippen LogP contribution in [0.25, 0.3) is 11.5 Å². The smallest absolute Gasteiger partial charge is 0.178 e. The molecule has 126 valence electrons. The number of pyridine rings is 1. The molecule has 6 heteroatoms. The minimum atomic E-state index is -0.304. The summed E-state index contributed by atoms with van der Waals surface area (Å²) >= 11 is 0. The molecule has 5 nitrogen and oxygen atoms in total. The Balaban J connectivity index is 1.61. The third kappa shape index (κ3) is 3.15. The first-order chi connectivity index (χ1) is 12.2. The Bertz CT molecular complexity index is 901. The highest BCUT2D eigenvalue weighted by atomic mass is 19.1. The molecule has 4 rings (SSSR count). The summed E-state index contributed by atoms with van der Waals surface area (Å²) in [6.07, 6.45) is 4.35. The van der Waals surface area contributed by atoms with Gasteiger partial charge in [-0.05, 0) is 18.2 Å². The van der Waals surface area contributed by atoms with Gasteiger partial charge in [0.25, 0.3) is 0 Å². The van der Waals surface area contributed by atoms with E-state index < -0.39 is 0 Å². The van der Waals surface area contributed by atoms with E-state index in [1.807, 2.05) is 30.5 Å². The summed E-state index contributed by atoms with van der Waals surface area (Å²) in [6, 6.07) is 10.4. The van der Waals surface area contributed by atoms with Gasteiger partial charge in [0.15, 0.2) is 5.82 Å². The van der Waals surface area contributed by atoms with Crippen LogP contribution in [-0.4, -0.2) is 28.6 Å². The van der Waals surface area contributed by atoms with Crippen LogP contribution in [0.5, 0.6) is 5.75 Å². The molecule has 0 saturated heterocycles. The van der Waals surface area contributed by atoms with Gasteiger partial charge in [-0.3, -0.25) is 4.98 Å². The number of fused-ring (bicyclic) bond motifs is 1. The highest BCUT2D eigenvalue weighted by Crippen LogP contribution is 2.28. The van der Waals surface area contributed by atoms with Crippen LogP contribution in [-0.2, 0) is 13.0 Å². The predicted molar refractivity (Wildman–Crippen MR) is 93.0 cm³/mol. The Morgan fingerprint density at radius 1 is 1.16 bits per heavy atom. The molecule has 0 unspecified atom stereocenters. The normalized spacial score (nSPS) is 13.4. The maximum atomic E-state index is 13.8. The topological polar surface area (TPSA) is 51.1 Å². The summed E-state index contributed by atoms with van der Waals surface area (Å²) in [6.45, 7) is 1.41. The van der Waals surface area contributed by atoms with Crippen LogP contribution in [0.2, 0.25) is 0 Å². The molecule has 0 saturated carbocycles. The van der Waals surface area contributed by atoms with Crippen LogP contribution < -0.4 is 9.64 Å². The highest BCUT2D eigenvalue weighted by Gasteiger charge is 2.20. The van der Waals surface area contributed by atoms with Gasteiger partial charge in [0.05, 0.1) is 12.8 Å². The first-order valence-corrected chi connectivity index (χ1v) is 8.08. The first kappa shape index (κ1) is 15.5. The largest absolute Gasteiger partial charge is 0.497 e. The van der Waals surface area contributed by atoms with Crippen molar-refractivity contribution in [2.45, 2.75) is 13.0 Å². The van der Waals surface area contributed by atoms with Crippen molar-refractivity contribution in [2.75, 3.05) is 18.6 Å². The number of hydrogen-bond acceptors (Lipinski definition) is 5. The Hall–Kier alpha value is -3.02. The van der Waals surface area contributed by atoms with Crippen LogP contribution in [0, 0.1) is 5.82 Å². The Labute approximate surface area is 145 Å². The van der Waals surface area contributed by atoms with E-state index in [4.69, 9.17) is 4.74 Å². The number of ether oxygens (including phenoxy) is 1. The molecule has 2 aromatic heterocycles. The zero-order valence-electron chi connectivity index (χ0n) is 13.8. The third-order valence-electron chi connectivity index (χ3n) is 4.28. The lowest BCUT2D eigenvalue weighted by atomic mass is 10.1. The highest BCUT2D eigenvalue weighted by molar-refractivity contribution is 5.54. The lowest BCUT2D eigenvalue weighted by Gasteiger charge is -2.30. The quantitative estimate of drug-likeness (QED) is 0.735. The number of rotatable bonds is 3. The van der Waals surface area contributed by atoms with Crippen LogP contribution in [0.4, 0.5) is 10.1 Å². The molecule has 0 radical (unpaired) electrons. The van der Waals surface area contributed by atoms with Gasteiger partial charge >= 0.3 is 0 Å². The van der Waals surface area contributed by atoms with Crippen molar-refractivity contribution < 1.29 is 9.13 Å². The fraction of sp³-hybridized carbons (Fsp3) is 0.211. The molecular weight excluding hydrogens is 319 g/mol. The van der Waals surface area contributed by atoms with Crippen LogP contribution in [0.1, 0.15) is 11.3 Å². The molecule has 1 aliphatic heterocycles. The van der Waals surface area contributed by atoms with Gasteiger partial charge in [-0.2, -0.15) is 0 Å². The molecule has 0 spiro atoms. The first-order valence-electron chi connectivity index (χ1n) is 8.08. The minimum Gasteiger partial charge on any atom is -0.497 e. The number of aromatic nitrogens is 3. The molecule has 0 bridgehead atoms. The van der Waals surface area contributed by atoms with Gasteiger partial charge < -0.3 is 9.64 Å². The molecule has 1 aromatic carbocycles. The Morgan fingerprint density at radius 3 is 2.88 bits per heavy atom. The number of methoxy groups -OCH3 is 1. The van der Waals surface area contributed by atoms with Crippen molar-refractivity contribution in [3.63, 3.8) is 0 Å². The zero-order valence-corrected chi connectivity index (χ0v) is 13.8. The van der Waals surface area contributed by atoms with Crippen LogP contribution in [0.3, 0.4) is 0 Å².